The maximum Gasteiger partial charge on any atom is 0.326 e. The predicted molar refractivity (Wildman–Crippen MR) is 69.2 cm³/mol. The Balaban J connectivity index is 1.70. The molecule has 1 saturated carbocycles. The molecule has 2 aliphatic rings. The van der Waals surface area contributed by atoms with Gasteiger partial charge >= 0.3 is 5.97 Å². The molecule has 3 heteroatoms. The number of hydrogen-bond donors (Lipinski definition) is 1. The van der Waals surface area contributed by atoms with Crippen LogP contribution in [0, 0.1) is 0 Å². The molecule has 1 aliphatic carbocycles. The van der Waals surface area contributed by atoms with Gasteiger partial charge in [0, 0.05) is 6.04 Å². The van der Waals surface area contributed by atoms with Crippen molar-refractivity contribution in [2.75, 3.05) is 6.61 Å². The van der Waals surface area contributed by atoms with Crippen LogP contribution < -0.4 is 5.32 Å². The molecule has 0 radical (unpaired) electrons. The quantitative estimate of drug-likeness (QED) is 0.810. The van der Waals surface area contributed by atoms with Crippen LogP contribution in [0.25, 0.3) is 0 Å². The van der Waals surface area contributed by atoms with Crippen molar-refractivity contribution in [2.24, 2.45) is 0 Å². The molecule has 1 atom stereocenters. The van der Waals surface area contributed by atoms with E-state index in [2.05, 4.69) is 29.6 Å². The van der Waals surface area contributed by atoms with Gasteiger partial charge in [0.05, 0.1) is 0 Å². The normalized spacial score (nSPS) is 26.2. The van der Waals surface area contributed by atoms with Gasteiger partial charge in [-0.2, -0.15) is 0 Å². The van der Waals surface area contributed by atoms with Crippen molar-refractivity contribution in [2.45, 2.75) is 43.7 Å². The molecule has 0 bridgehead atoms. The number of carbonyl (C=O) groups excluding carboxylic acids is 1. The molecule has 96 valence electrons. The molecular weight excluding hydrogens is 226 g/mol. The third-order valence-electron chi connectivity index (χ3n) is 4.07. The molecule has 1 aromatic carbocycles. The molecule has 2 fully saturated rings. The minimum atomic E-state index is -0.377. The molecule has 1 heterocycles. The third kappa shape index (κ3) is 2.15. The van der Waals surface area contributed by atoms with Crippen LogP contribution in [0.5, 0.6) is 0 Å². The maximum absolute atomic E-state index is 11.9. The minimum absolute atomic E-state index is 0.0377. The highest BCUT2D eigenvalue weighted by molar-refractivity contribution is 5.82. The molecule has 3 rings (SSSR count). The summed E-state index contributed by atoms with van der Waals surface area (Å²) in [4.78, 5) is 11.9. The van der Waals surface area contributed by atoms with Gasteiger partial charge in [-0.15, -0.1) is 0 Å². The van der Waals surface area contributed by atoms with Crippen molar-refractivity contribution >= 4 is 5.97 Å². The Morgan fingerprint density at radius 3 is 2.67 bits per heavy atom. The number of rotatable bonds is 2. The average molecular weight is 245 g/mol. The molecule has 0 amide bonds. The Labute approximate surface area is 108 Å². The van der Waals surface area contributed by atoms with Crippen molar-refractivity contribution in [3.8, 4) is 0 Å². The average Bonchev–Trinajstić information content (AvgIpc) is 2.85. The van der Waals surface area contributed by atoms with Gasteiger partial charge in [0.1, 0.15) is 12.1 Å². The van der Waals surface area contributed by atoms with Crippen molar-refractivity contribution in [3.05, 3.63) is 35.9 Å². The lowest BCUT2D eigenvalue weighted by Crippen LogP contribution is -2.61. The van der Waals surface area contributed by atoms with Gasteiger partial charge in [0.15, 0.2) is 0 Å². The summed E-state index contributed by atoms with van der Waals surface area (Å²) in [5, 5.41) is 3.55. The van der Waals surface area contributed by atoms with E-state index in [0.29, 0.717) is 6.61 Å². The van der Waals surface area contributed by atoms with Crippen LogP contribution in [-0.4, -0.2) is 24.2 Å². The van der Waals surface area contributed by atoms with Crippen LogP contribution >= 0.6 is 0 Å². The van der Waals surface area contributed by atoms with Crippen molar-refractivity contribution in [1.29, 1.82) is 0 Å². The minimum Gasteiger partial charge on any atom is -0.463 e. The first kappa shape index (κ1) is 11.7. The first-order valence-electron chi connectivity index (χ1n) is 6.77. The van der Waals surface area contributed by atoms with Crippen LogP contribution in [0.4, 0.5) is 0 Å². The molecular formula is C15H19NO2. The van der Waals surface area contributed by atoms with E-state index in [1.54, 1.807) is 0 Å². The van der Waals surface area contributed by atoms with E-state index >= 15 is 0 Å². The summed E-state index contributed by atoms with van der Waals surface area (Å²) in [6.07, 6.45) is 5.03. The van der Waals surface area contributed by atoms with E-state index < -0.39 is 0 Å². The van der Waals surface area contributed by atoms with E-state index in [-0.39, 0.29) is 17.6 Å². The van der Waals surface area contributed by atoms with Crippen LogP contribution in [0.2, 0.25) is 0 Å². The monoisotopic (exact) mass is 245 g/mol. The first-order valence-corrected chi connectivity index (χ1v) is 6.77. The van der Waals surface area contributed by atoms with E-state index in [1.165, 1.54) is 5.56 Å². The number of morpholine rings is 1. The van der Waals surface area contributed by atoms with Gasteiger partial charge in [-0.3, -0.25) is 10.1 Å². The predicted octanol–water partition coefficient (Wildman–Crippen LogP) is 2.06. The SMILES string of the molecule is O=C1OC[C@@H](Cc2ccccc2)NC12CCCC2. The zero-order valence-electron chi connectivity index (χ0n) is 10.5. The summed E-state index contributed by atoms with van der Waals surface area (Å²) in [6, 6.07) is 10.6. The Morgan fingerprint density at radius 2 is 1.94 bits per heavy atom. The number of ether oxygens (including phenoxy) is 1. The molecule has 1 N–H and O–H groups in total. The van der Waals surface area contributed by atoms with Crippen molar-refractivity contribution in [1.82, 2.24) is 5.32 Å². The summed E-state index contributed by atoms with van der Waals surface area (Å²) in [5.41, 5.74) is 0.915. The second-order valence-corrected chi connectivity index (χ2v) is 5.42. The third-order valence-corrected chi connectivity index (χ3v) is 4.07. The fraction of sp³-hybridized carbons (Fsp3) is 0.533. The molecule has 0 aromatic heterocycles. The van der Waals surface area contributed by atoms with E-state index in [9.17, 15) is 4.79 Å². The van der Waals surface area contributed by atoms with Gasteiger partial charge in [-0.1, -0.05) is 43.2 Å². The smallest absolute Gasteiger partial charge is 0.326 e. The van der Waals surface area contributed by atoms with Gasteiger partial charge < -0.3 is 4.74 Å². The van der Waals surface area contributed by atoms with Gasteiger partial charge in [0.2, 0.25) is 0 Å². The number of benzene rings is 1. The summed E-state index contributed by atoms with van der Waals surface area (Å²) >= 11 is 0. The van der Waals surface area contributed by atoms with Crippen LogP contribution in [-0.2, 0) is 16.0 Å². The molecule has 1 aliphatic heterocycles. The molecule has 1 aromatic rings. The number of hydrogen-bond acceptors (Lipinski definition) is 3. The van der Waals surface area contributed by atoms with E-state index in [4.69, 9.17) is 4.74 Å². The van der Waals surface area contributed by atoms with E-state index in [1.807, 2.05) is 6.07 Å². The highest BCUT2D eigenvalue weighted by atomic mass is 16.5. The van der Waals surface area contributed by atoms with Crippen LogP contribution in [0.3, 0.4) is 0 Å². The van der Waals surface area contributed by atoms with Crippen molar-refractivity contribution in [3.63, 3.8) is 0 Å². The zero-order valence-corrected chi connectivity index (χ0v) is 10.5. The van der Waals surface area contributed by atoms with Crippen LogP contribution in [0.1, 0.15) is 31.2 Å². The zero-order chi connectivity index (χ0) is 12.4. The Bertz CT molecular complexity index is 423. The van der Waals surface area contributed by atoms with Gasteiger partial charge in [0.25, 0.3) is 0 Å². The largest absolute Gasteiger partial charge is 0.463 e. The summed E-state index contributed by atoms with van der Waals surface area (Å²) in [6.45, 7) is 0.496. The fourth-order valence-electron chi connectivity index (χ4n) is 3.14. The van der Waals surface area contributed by atoms with Crippen LogP contribution in [0.15, 0.2) is 30.3 Å². The number of esters is 1. The lowest BCUT2D eigenvalue weighted by atomic mass is 9.93. The lowest BCUT2D eigenvalue weighted by Gasteiger charge is -2.37. The summed E-state index contributed by atoms with van der Waals surface area (Å²) in [7, 11) is 0. The molecule has 1 spiro atoms. The first-order chi connectivity index (χ1) is 8.78. The molecule has 0 unspecified atom stereocenters. The topological polar surface area (TPSA) is 38.3 Å². The number of carbonyl (C=O) groups is 1. The Kier molecular flexibility index (Phi) is 3.08. The lowest BCUT2D eigenvalue weighted by molar-refractivity contribution is -0.158. The van der Waals surface area contributed by atoms with Gasteiger partial charge in [-0.25, -0.2) is 0 Å². The highest BCUT2D eigenvalue weighted by Crippen LogP contribution is 2.33. The number of nitrogens with one attached hydrogen (secondary N) is 1. The Morgan fingerprint density at radius 1 is 1.22 bits per heavy atom. The number of cyclic esters (lactones) is 1. The van der Waals surface area contributed by atoms with Gasteiger partial charge in [-0.05, 0) is 24.8 Å². The molecule has 1 saturated heterocycles. The second-order valence-electron chi connectivity index (χ2n) is 5.42. The van der Waals surface area contributed by atoms with Crippen molar-refractivity contribution < 1.29 is 9.53 Å². The summed E-state index contributed by atoms with van der Waals surface area (Å²) in [5.74, 6) is -0.0377. The maximum atomic E-state index is 11.9. The molecule has 3 nitrogen and oxygen atoms in total. The standard InChI is InChI=1S/C15H19NO2/c17-14-15(8-4-5-9-15)16-13(11-18-14)10-12-6-2-1-3-7-12/h1-3,6-7,13,16H,4-5,8-11H2/t13-/m1/s1. The molecule has 18 heavy (non-hydrogen) atoms. The Hall–Kier alpha value is -1.35. The van der Waals surface area contributed by atoms with E-state index in [0.717, 1.165) is 32.1 Å². The fourth-order valence-corrected chi connectivity index (χ4v) is 3.14. The summed E-state index contributed by atoms with van der Waals surface area (Å²) < 4.78 is 5.40. The highest BCUT2D eigenvalue weighted by Gasteiger charge is 2.46. The second kappa shape index (κ2) is 4.73.